The molecule has 0 fully saturated rings. The minimum Gasteiger partial charge on any atom is -0.298 e. The van der Waals surface area contributed by atoms with E-state index in [1.165, 1.54) is 33.6 Å². The molecule has 0 radical (unpaired) electrons. The van der Waals surface area contributed by atoms with Crippen LogP contribution in [0, 0.1) is 0 Å². The fourth-order valence-electron chi connectivity index (χ4n) is 4.03. The molecule has 0 atom stereocenters. The largest absolute Gasteiger partial charge is 0.298 e. The number of quaternary nitrogens is 2. The average Bonchev–Trinajstić information content (AvgIpc) is 2.82. The van der Waals surface area contributed by atoms with Gasteiger partial charge in [-0.05, 0) is 70.8 Å². The van der Waals surface area contributed by atoms with E-state index in [-0.39, 0.29) is 0 Å². The topological polar surface area (TPSA) is 7.76 Å². The Balaban J connectivity index is 1.36. The number of rotatable bonds is 7. The van der Waals surface area contributed by atoms with E-state index in [2.05, 4.69) is 149 Å². The fraction of sp³-hybridized carbons (Fsp3) is 0.267. The van der Waals surface area contributed by atoms with Crippen LogP contribution >= 0.6 is 0 Å². The predicted octanol–water partition coefficient (Wildman–Crippen LogP) is 4.69. The second kappa shape index (κ2) is 9.49. The number of aryl methyl sites for hydroxylation is 2. The van der Waals surface area contributed by atoms with Crippen LogP contribution in [0.25, 0.3) is 22.3 Å². The van der Waals surface area contributed by atoms with E-state index < -0.39 is 0 Å². The first-order valence-corrected chi connectivity index (χ1v) is 11.9. The van der Waals surface area contributed by atoms with Crippen molar-refractivity contribution < 1.29 is 9.13 Å². The van der Waals surface area contributed by atoms with Crippen molar-refractivity contribution in [2.75, 3.05) is 42.3 Å². The molecule has 2 heterocycles. The fourth-order valence-corrected chi connectivity index (χ4v) is 4.03. The van der Waals surface area contributed by atoms with E-state index in [4.69, 9.17) is 0 Å². The van der Waals surface area contributed by atoms with Gasteiger partial charge in [-0.15, -0.1) is 0 Å². The van der Waals surface area contributed by atoms with Crippen molar-refractivity contribution in [2.24, 2.45) is 0 Å². The highest BCUT2D eigenvalue weighted by Crippen LogP contribution is 2.24. The van der Waals surface area contributed by atoms with Crippen LogP contribution in [0.5, 0.6) is 0 Å². The molecule has 0 aliphatic heterocycles. The summed E-state index contributed by atoms with van der Waals surface area (Å²) in [5.74, 6) is 0. The second-order valence-corrected chi connectivity index (χ2v) is 10.8. The lowest BCUT2D eigenvalue weighted by Gasteiger charge is -2.23. The summed E-state index contributed by atoms with van der Waals surface area (Å²) in [5, 5.41) is 0. The van der Waals surface area contributed by atoms with Crippen molar-refractivity contribution in [3.05, 3.63) is 97.6 Å². The molecule has 0 aliphatic rings. The van der Waals surface area contributed by atoms with Gasteiger partial charge >= 0.3 is 0 Å². The molecule has 0 bridgehead atoms. The quantitative estimate of drug-likeness (QED) is 0.283. The van der Waals surface area contributed by atoms with Gasteiger partial charge in [0, 0.05) is 24.3 Å². The maximum Gasteiger partial charge on any atom is 0.206 e. The van der Waals surface area contributed by atoms with Gasteiger partial charge in [-0.1, -0.05) is 0 Å². The van der Waals surface area contributed by atoms with Gasteiger partial charge < -0.3 is 0 Å². The predicted molar refractivity (Wildman–Crippen MR) is 143 cm³/mol. The Bertz CT molecular complexity index is 1110. The molecule has 0 aliphatic carbocycles. The van der Waals surface area contributed by atoms with Crippen LogP contribution in [-0.4, -0.2) is 42.3 Å². The van der Waals surface area contributed by atoms with Crippen molar-refractivity contribution in [1.82, 2.24) is 8.97 Å². The van der Waals surface area contributed by atoms with Crippen LogP contribution in [0.1, 0.15) is 0 Å². The summed E-state index contributed by atoms with van der Waals surface area (Å²) in [7, 11) is 13.1. The Kier molecular flexibility index (Phi) is 6.65. The highest BCUT2D eigenvalue weighted by molar-refractivity contribution is 5.65. The highest BCUT2D eigenvalue weighted by atomic mass is 15.3. The molecule has 0 N–H and O–H groups in total. The van der Waals surface area contributed by atoms with Crippen LogP contribution in [0.4, 0.5) is 11.4 Å². The van der Waals surface area contributed by atoms with Crippen LogP contribution in [-0.2, 0) is 13.1 Å². The molecule has 2 aromatic carbocycles. The first kappa shape index (κ1) is 23.8. The zero-order valence-electron chi connectivity index (χ0n) is 21.4. The van der Waals surface area contributed by atoms with Crippen LogP contribution in [0.3, 0.4) is 0 Å². The summed E-state index contributed by atoms with van der Waals surface area (Å²) in [6, 6.07) is 26.5. The summed E-state index contributed by atoms with van der Waals surface area (Å²) in [6.07, 6.45) is 8.70. The molecule has 0 spiro atoms. The molecule has 34 heavy (non-hydrogen) atoms. The molecule has 0 amide bonds. The molecule has 174 valence electrons. The van der Waals surface area contributed by atoms with E-state index in [0.29, 0.717) is 0 Å². The van der Waals surface area contributed by atoms with Gasteiger partial charge in [0.25, 0.3) is 0 Å². The molecular formula is C30H38N4+4. The van der Waals surface area contributed by atoms with E-state index in [9.17, 15) is 0 Å². The molecule has 4 rings (SSSR count). The van der Waals surface area contributed by atoms with E-state index in [1.54, 1.807) is 0 Å². The standard InChI is InChI=1S/C30H38N4/c1-33(2,3)29-11-7-25(8-12-29)27-15-19-31(20-16-27)23-24-32-21-17-28(18-22-32)26-9-13-30(14-10-26)34(4,5)6/h7-22H,23-24H2,1-6H3/q+4. The maximum absolute atomic E-state index is 2.24. The number of benzene rings is 2. The molecular weight excluding hydrogens is 416 g/mol. The molecule has 2 aromatic heterocycles. The highest BCUT2D eigenvalue weighted by Gasteiger charge is 2.14. The number of aromatic nitrogens is 2. The molecule has 4 aromatic rings. The average molecular weight is 455 g/mol. The van der Waals surface area contributed by atoms with Gasteiger partial charge in [-0.25, -0.2) is 0 Å². The minimum atomic E-state index is 0.830. The number of pyridine rings is 2. The third-order valence-electron chi connectivity index (χ3n) is 6.35. The second-order valence-electron chi connectivity index (χ2n) is 10.8. The van der Waals surface area contributed by atoms with Gasteiger partial charge in [0.05, 0.1) is 42.3 Å². The van der Waals surface area contributed by atoms with Gasteiger partial charge in [-0.2, -0.15) is 9.13 Å². The zero-order chi connectivity index (χ0) is 24.3. The normalized spacial score (nSPS) is 12.1. The smallest absolute Gasteiger partial charge is 0.206 e. The van der Waals surface area contributed by atoms with Gasteiger partial charge in [0.1, 0.15) is 11.4 Å². The van der Waals surface area contributed by atoms with Crippen molar-refractivity contribution >= 4 is 11.4 Å². The minimum absolute atomic E-state index is 0.830. The lowest BCUT2D eigenvalue weighted by molar-refractivity contribution is -0.778. The monoisotopic (exact) mass is 454 g/mol. The van der Waals surface area contributed by atoms with Crippen LogP contribution in [0.15, 0.2) is 97.6 Å². The van der Waals surface area contributed by atoms with Crippen molar-refractivity contribution in [3.8, 4) is 22.3 Å². The van der Waals surface area contributed by atoms with Gasteiger partial charge in [0.2, 0.25) is 13.1 Å². The Labute approximate surface area is 204 Å². The molecule has 0 unspecified atom stereocenters. The van der Waals surface area contributed by atoms with E-state index in [1.807, 2.05) is 0 Å². The Morgan fingerprint density at radius 2 is 0.676 bits per heavy atom. The Hall–Kier alpha value is -3.34. The van der Waals surface area contributed by atoms with Gasteiger partial charge in [0.15, 0.2) is 24.8 Å². The summed E-state index contributed by atoms with van der Waals surface area (Å²) in [5.41, 5.74) is 7.61. The summed E-state index contributed by atoms with van der Waals surface area (Å²) in [4.78, 5) is 0. The first-order chi connectivity index (χ1) is 16.1. The van der Waals surface area contributed by atoms with Crippen molar-refractivity contribution in [1.29, 1.82) is 0 Å². The summed E-state index contributed by atoms with van der Waals surface area (Å²) < 4.78 is 6.15. The maximum atomic E-state index is 2.24. The van der Waals surface area contributed by atoms with Crippen molar-refractivity contribution in [2.45, 2.75) is 13.1 Å². The number of hydrogen-bond donors (Lipinski definition) is 0. The number of nitrogens with zero attached hydrogens (tertiary/aromatic N) is 4. The van der Waals surface area contributed by atoms with Crippen molar-refractivity contribution in [3.63, 3.8) is 0 Å². The number of hydrogen-bond acceptors (Lipinski definition) is 0. The van der Waals surface area contributed by atoms with Gasteiger partial charge in [-0.3, -0.25) is 8.97 Å². The molecule has 4 heteroatoms. The third-order valence-corrected chi connectivity index (χ3v) is 6.35. The molecule has 0 saturated carbocycles. The van der Waals surface area contributed by atoms with Crippen LogP contribution < -0.4 is 18.1 Å². The molecule has 0 saturated heterocycles. The first-order valence-electron chi connectivity index (χ1n) is 11.9. The van der Waals surface area contributed by atoms with Crippen LogP contribution in [0.2, 0.25) is 0 Å². The zero-order valence-corrected chi connectivity index (χ0v) is 21.4. The third kappa shape index (κ3) is 5.77. The summed E-state index contributed by atoms with van der Waals surface area (Å²) in [6.45, 7) is 1.87. The Morgan fingerprint density at radius 3 is 0.941 bits per heavy atom. The molecule has 4 nitrogen and oxygen atoms in total. The summed E-state index contributed by atoms with van der Waals surface area (Å²) >= 11 is 0. The SMILES string of the molecule is C[N+](C)(C)c1ccc(-c2cc[n+](CC[n+]3ccc(-c4ccc([N+](C)(C)C)cc4)cc3)cc2)cc1. The van der Waals surface area contributed by atoms with E-state index in [0.717, 1.165) is 22.1 Å². The lowest BCUT2D eigenvalue weighted by Crippen LogP contribution is -2.43. The Morgan fingerprint density at radius 1 is 0.412 bits per heavy atom. The lowest BCUT2D eigenvalue weighted by atomic mass is 10.1. The van der Waals surface area contributed by atoms with E-state index >= 15 is 0 Å².